The maximum Gasteiger partial charge on any atom is 0.214 e. The lowest BCUT2D eigenvalue weighted by Crippen LogP contribution is -2.00. The molecule has 1 N–H and O–H groups in total. The van der Waals surface area contributed by atoms with E-state index in [-0.39, 0.29) is 0 Å². The van der Waals surface area contributed by atoms with E-state index in [2.05, 4.69) is 16.9 Å². The summed E-state index contributed by atoms with van der Waals surface area (Å²) >= 11 is 0. The van der Waals surface area contributed by atoms with Gasteiger partial charge < -0.3 is 5.32 Å². The molecule has 3 heteroatoms. The molecule has 0 aliphatic rings. The first-order chi connectivity index (χ1) is 5.83. The Morgan fingerprint density at radius 1 is 1.67 bits per heavy atom. The zero-order valence-electron chi connectivity index (χ0n) is 6.76. The van der Waals surface area contributed by atoms with Crippen molar-refractivity contribution in [3.05, 3.63) is 36.9 Å². The SMILES string of the molecule is C=CCCNc1ccnc(F)c1. The molecule has 1 aromatic heterocycles. The highest BCUT2D eigenvalue weighted by Crippen LogP contribution is 2.05. The van der Waals surface area contributed by atoms with E-state index in [1.165, 1.54) is 12.3 Å². The average molecular weight is 166 g/mol. The number of nitrogens with zero attached hydrogens (tertiary/aromatic N) is 1. The third-order valence-corrected chi connectivity index (χ3v) is 1.40. The monoisotopic (exact) mass is 166 g/mol. The molecule has 12 heavy (non-hydrogen) atoms. The predicted molar refractivity (Wildman–Crippen MR) is 47.5 cm³/mol. The highest BCUT2D eigenvalue weighted by atomic mass is 19.1. The van der Waals surface area contributed by atoms with Gasteiger partial charge in [0.05, 0.1) is 0 Å². The summed E-state index contributed by atoms with van der Waals surface area (Å²) in [5, 5.41) is 3.04. The predicted octanol–water partition coefficient (Wildman–Crippen LogP) is 2.21. The van der Waals surface area contributed by atoms with Crippen LogP contribution in [0, 0.1) is 5.95 Å². The van der Waals surface area contributed by atoms with Crippen molar-refractivity contribution in [2.24, 2.45) is 0 Å². The van der Waals surface area contributed by atoms with Crippen molar-refractivity contribution in [2.75, 3.05) is 11.9 Å². The summed E-state index contributed by atoms with van der Waals surface area (Å²) in [6, 6.07) is 3.09. The van der Waals surface area contributed by atoms with E-state index in [0.29, 0.717) is 0 Å². The Kier molecular flexibility index (Phi) is 3.26. The van der Waals surface area contributed by atoms with Crippen molar-refractivity contribution in [3.8, 4) is 0 Å². The second kappa shape index (κ2) is 4.49. The fraction of sp³-hybridized carbons (Fsp3) is 0.222. The Balaban J connectivity index is 2.46. The molecule has 0 unspecified atom stereocenters. The van der Waals surface area contributed by atoms with Crippen molar-refractivity contribution in [2.45, 2.75) is 6.42 Å². The Morgan fingerprint density at radius 2 is 2.50 bits per heavy atom. The lowest BCUT2D eigenvalue weighted by atomic mass is 10.3. The lowest BCUT2D eigenvalue weighted by molar-refractivity contribution is 0.584. The summed E-state index contributed by atoms with van der Waals surface area (Å²) in [5.41, 5.74) is 0.754. The first-order valence-corrected chi connectivity index (χ1v) is 3.79. The number of pyridine rings is 1. The minimum Gasteiger partial charge on any atom is -0.385 e. The smallest absolute Gasteiger partial charge is 0.214 e. The highest BCUT2D eigenvalue weighted by Gasteiger charge is 1.92. The van der Waals surface area contributed by atoms with Gasteiger partial charge in [-0.05, 0) is 12.5 Å². The van der Waals surface area contributed by atoms with Gasteiger partial charge >= 0.3 is 0 Å². The maximum absolute atomic E-state index is 12.5. The van der Waals surface area contributed by atoms with Gasteiger partial charge in [-0.25, -0.2) is 4.98 Å². The van der Waals surface area contributed by atoms with Crippen LogP contribution in [0.25, 0.3) is 0 Å². The third kappa shape index (κ3) is 2.70. The minimum atomic E-state index is -0.460. The molecule has 0 atom stereocenters. The van der Waals surface area contributed by atoms with Crippen LogP contribution < -0.4 is 5.32 Å². The molecule has 0 aromatic carbocycles. The van der Waals surface area contributed by atoms with E-state index < -0.39 is 5.95 Å². The first kappa shape index (κ1) is 8.71. The Hall–Kier alpha value is -1.38. The highest BCUT2D eigenvalue weighted by molar-refractivity contribution is 5.40. The Labute approximate surface area is 71.1 Å². The molecule has 0 radical (unpaired) electrons. The minimum absolute atomic E-state index is 0.460. The standard InChI is InChI=1S/C9H11FN2/c1-2-3-5-11-8-4-6-12-9(10)7-8/h2,4,6-7H,1,3,5H2,(H,11,12). The van der Waals surface area contributed by atoms with Crippen LogP contribution in [-0.2, 0) is 0 Å². The second-order valence-electron chi connectivity index (χ2n) is 2.37. The normalized spacial score (nSPS) is 9.42. The van der Waals surface area contributed by atoms with E-state index >= 15 is 0 Å². The molecule has 1 rings (SSSR count). The van der Waals surface area contributed by atoms with E-state index in [1.54, 1.807) is 6.07 Å². The fourth-order valence-corrected chi connectivity index (χ4v) is 0.831. The molecule has 0 amide bonds. The number of hydrogen-bond acceptors (Lipinski definition) is 2. The van der Waals surface area contributed by atoms with Crippen LogP contribution in [0.2, 0.25) is 0 Å². The van der Waals surface area contributed by atoms with Gasteiger partial charge in [0, 0.05) is 24.5 Å². The van der Waals surface area contributed by atoms with Gasteiger partial charge in [-0.3, -0.25) is 0 Å². The second-order valence-corrected chi connectivity index (χ2v) is 2.37. The van der Waals surface area contributed by atoms with Crippen molar-refractivity contribution >= 4 is 5.69 Å². The van der Waals surface area contributed by atoms with Gasteiger partial charge in [-0.2, -0.15) is 4.39 Å². The molecule has 0 bridgehead atoms. The molecule has 0 fully saturated rings. The number of rotatable bonds is 4. The molecule has 64 valence electrons. The van der Waals surface area contributed by atoms with Crippen LogP contribution in [-0.4, -0.2) is 11.5 Å². The van der Waals surface area contributed by atoms with Gasteiger partial charge in [-0.1, -0.05) is 6.08 Å². The molecule has 0 saturated heterocycles. The Bertz CT molecular complexity index is 260. The van der Waals surface area contributed by atoms with Crippen molar-refractivity contribution in [1.29, 1.82) is 0 Å². The summed E-state index contributed by atoms with van der Waals surface area (Å²) < 4.78 is 12.5. The first-order valence-electron chi connectivity index (χ1n) is 3.79. The third-order valence-electron chi connectivity index (χ3n) is 1.40. The topological polar surface area (TPSA) is 24.9 Å². The summed E-state index contributed by atoms with van der Waals surface area (Å²) in [5.74, 6) is -0.460. The molecular weight excluding hydrogens is 155 g/mol. The van der Waals surface area contributed by atoms with Gasteiger partial charge in [0.15, 0.2) is 0 Å². The van der Waals surface area contributed by atoms with Crippen molar-refractivity contribution in [3.63, 3.8) is 0 Å². The molecular formula is C9H11FN2. The van der Waals surface area contributed by atoms with Crippen LogP contribution in [0.1, 0.15) is 6.42 Å². The number of hydrogen-bond donors (Lipinski definition) is 1. The quantitative estimate of drug-likeness (QED) is 0.421. The summed E-state index contributed by atoms with van der Waals surface area (Å²) in [7, 11) is 0. The number of halogens is 1. The summed E-state index contributed by atoms with van der Waals surface area (Å²) in [6.07, 6.45) is 4.11. The maximum atomic E-state index is 12.5. The van der Waals surface area contributed by atoms with Crippen LogP contribution >= 0.6 is 0 Å². The van der Waals surface area contributed by atoms with Crippen LogP contribution in [0.15, 0.2) is 31.0 Å². The van der Waals surface area contributed by atoms with E-state index in [4.69, 9.17) is 0 Å². The fourth-order valence-electron chi connectivity index (χ4n) is 0.831. The molecule has 0 aliphatic carbocycles. The number of nitrogens with one attached hydrogen (secondary N) is 1. The average Bonchev–Trinajstić information content (AvgIpc) is 2.05. The van der Waals surface area contributed by atoms with Crippen LogP contribution in [0.5, 0.6) is 0 Å². The van der Waals surface area contributed by atoms with Gasteiger partial charge in [0.1, 0.15) is 0 Å². The van der Waals surface area contributed by atoms with Crippen LogP contribution in [0.3, 0.4) is 0 Å². The number of anilines is 1. The lowest BCUT2D eigenvalue weighted by Gasteiger charge is -2.02. The molecule has 0 aliphatic heterocycles. The van der Waals surface area contributed by atoms with Gasteiger partial charge in [0.2, 0.25) is 5.95 Å². The van der Waals surface area contributed by atoms with E-state index in [0.717, 1.165) is 18.7 Å². The van der Waals surface area contributed by atoms with Crippen molar-refractivity contribution < 1.29 is 4.39 Å². The molecule has 1 heterocycles. The zero-order valence-corrected chi connectivity index (χ0v) is 6.76. The molecule has 1 aromatic rings. The Morgan fingerprint density at radius 3 is 3.17 bits per heavy atom. The summed E-state index contributed by atoms with van der Waals surface area (Å²) in [6.45, 7) is 4.35. The van der Waals surface area contributed by atoms with Crippen molar-refractivity contribution in [1.82, 2.24) is 4.98 Å². The van der Waals surface area contributed by atoms with Crippen LogP contribution in [0.4, 0.5) is 10.1 Å². The van der Waals surface area contributed by atoms with E-state index in [1.807, 2.05) is 6.08 Å². The van der Waals surface area contributed by atoms with Gasteiger partial charge in [0.25, 0.3) is 0 Å². The number of aromatic nitrogens is 1. The largest absolute Gasteiger partial charge is 0.385 e. The zero-order chi connectivity index (χ0) is 8.81. The van der Waals surface area contributed by atoms with Gasteiger partial charge in [-0.15, -0.1) is 6.58 Å². The molecule has 0 saturated carbocycles. The molecule has 2 nitrogen and oxygen atoms in total. The molecule has 0 spiro atoms. The van der Waals surface area contributed by atoms with E-state index in [9.17, 15) is 4.39 Å². The summed E-state index contributed by atoms with van der Waals surface area (Å²) in [4.78, 5) is 3.44.